The quantitative estimate of drug-likeness (QED) is 0.359. The van der Waals surface area contributed by atoms with Gasteiger partial charge in [-0.1, -0.05) is 42.1 Å². The molecule has 0 saturated heterocycles. The van der Waals surface area contributed by atoms with Gasteiger partial charge in [0.05, 0.1) is 0 Å². The zero-order valence-electron chi connectivity index (χ0n) is 16.6. The number of aliphatic carboxylic acids is 2. The highest BCUT2D eigenvalue weighted by Gasteiger charge is 2.33. The van der Waals surface area contributed by atoms with Crippen LogP contribution in [-0.2, 0) is 21.4 Å². The third-order valence-corrected chi connectivity index (χ3v) is 6.47. The fraction of sp³-hybridized carbons (Fsp3) is 0.278. The van der Waals surface area contributed by atoms with Crippen molar-refractivity contribution in [1.29, 1.82) is 0 Å². The van der Waals surface area contributed by atoms with Crippen molar-refractivity contribution in [3.05, 3.63) is 47.2 Å². The predicted octanol–water partition coefficient (Wildman–Crippen LogP) is 0.0892. The van der Waals surface area contributed by atoms with E-state index in [1.165, 1.54) is 28.6 Å². The van der Waals surface area contributed by atoms with Crippen molar-refractivity contribution in [1.82, 2.24) is 25.5 Å². The van der Waals surface area contributed by atoms with Crippen LogP contribution < -0.4 is 5.32 Å². The van der Waals surface area contributed by atoms with Crippen LogP contribution in [0.2, 0.25) is 0 Å². The number of carbonyl (C=O) groups excluding carboxylic acids is 1. The summed E-state index contributed by atoms with van der Waals surface area (Å²) in [7, 11) is 1.64. The van der Waals surface area contributed by atoms with Gasteiger partial charge in [0.1, 0.15) is 10.7 Å². The summed E-state index contributed by atoms with van der Waals surface area (Å²) in [5.41, 5.74) is 0.445. The number of carbonyl (C=O) groups is 3. The normalized spacial score (nSPS) is 15.6. The summed E-state index contributed by atoms with van der Waals surface area (Å²) in [6, 6.07) is 6.39. The number of nitrogens with one attached hydrogen (secondary N) is 1. The Morgan fingerprint density at radius 3 is 2.56 bits per heavy atom. The van der Waals surface area contributed by atoms with Gasteiger partial charge in [0.2, 0.25) is 5.16 Å². The van der Waals surface area contributed by atoms with Crippen LogP contribution in [0, 0.1) is 0 Å². The molecule has 2 atom stereocenters. The maximum atomic E-state index is 12.4. The number of nitrogens with zero attached hydrogens (tertiary/aromatic N) is 5. The number of rotatable bonds is 9. The zero-order valence-corrected chi connectivity index (χ0v) is 18.2. The number of hydrogen-bond acceptors (Lipinski definition) is 10. The molecule has 0 unspecified atom stereocenters. The van der Waals surface area contributed by atoms with Crippen molar-refractivity contribution in [2.75, 3.05) is 11.5 Å². The Labute approximate surface area is 189 Å². The maximum Gasteiger partial charge on any atom is 0.354 e. The van der Waals surface area contributed by atoms with Crippen molar-refractivity contribution < 1.29 is 29.7 Å². The SMILES string of the molecule is Cn1nnnc1SCC1=C(C(=O)O)N=C([C@H](NC(=O)[C@H](O)c2ccccc2)C(=O)O)SC1. The zero-order chi connectivity index (χ0) is 23.3. The predicted molar refractivity (Wildman–Crippen MR) is 115 cm³/mol. The number of aliphatic hydroxyl groups excluding tert-OH is 1. The number of aromatic nitrogens is 4. The molecule has 1 aliphatic heterocycles. The van der Waals surface area contributed by atoms with Gasteiger partial charge in [-0.05, 0) is 21.6 Å². The summed E-state index contributed by atoms with van der Waals surface area (Å²) in [5.74, 6) is -3.31. The van der Waals surface area contributed by atoms with E-state index in [4.69, 9.17) is 0 Å². The van der Waals surface area contributed by atoms with Gasteiger partial charge in [0.25, 0.3) is 5.91 Å². The number of thioether (sulfide) groups is 2. The van der Waals surface area contributed by atoms with Crippen LogP contribution in [0.25, 0.3) is 0 Å². The molecule has 2 heterocycles. The Kier molecular flexibility index (Phi) is 7.61. The minimum atomic E-state index is -1.61. The summed E-state index contributed by atoms with van der Waals surface area (Å²) < 4.78 is 1.43. The number of tetrazole rings is 1. The van der Waals surface area contributed by atoms with Gasteiger partial charge < -0.3 is 20.6 Å². The van der Waals surface area contributed by atoms with Gasteiger partial charge in [-0.3, -0.25) is 4.79 Å². The van der Waals surface area contributed by atoms with E-state index in [9.17, 15) is 29.7 Å². The molecule has 0 radical (unpaired) electrons. The molecule has 0 saturated carbocycles. The smallest absolute Gasteiger partial charge is 0.354 e. The second-order valence-electron chi connectivity index (χ2n) is 6.46. The third kappa shape index (κ3) is 5.52. The number of amides is 1. The van der Waals surface area contributed by atoms with Crippen LogP contribution in [-0.4, -0.2) is 76.0 Å². The van der Waals surface area contributed by atoms with E-state index in [-0.39, 0.29) is 27.8 Å². The Morgan fingerprint density at radius 2 is 1.97 bits per heavy atom. The van der Waals surface area contributed by atoms with Crippen LogP contribution in [0.3, 0.4) is 0 Å². The van der Waals surface area contributed by atoms with Crippen molar-refractivity contribution >= 4 is 46.4 Å². The largest absolute Gasteiger partial charge is 0.479 e. The molecule has 4 N–H and O–H groups in total. The number of benzene rings is 1. The van der Waals surface area contributed by atoms with E-state index in [0.717, 1.165) is 11.8 Å². The van der Waals surface area contributed by atoms with Crippen molar-refractivity contribution in [3.63, 3.8) is 0 Å². The highest BCUT2D eigenvalue weighted by molar-refractivity contribution is 8.14. The Balaban J connectivity index is 1.79. The molecule has 12 nitrogen and oxygen atoms in total. The molecule has 2 aromatic rings. The lowest BCUT2D eigenvalue weighted by Crippen LogP contribution is -2.47. The van der Waals surface area contributed by atoms with E-state index >= 15 is 0 Å². The molecule has 0 spiro atoms. The molecule has 1 aromatic carbocycles. The molecule has 1 amide bonds. The summed E-state index contributed by atoms with van der Waals surface area (Å²) in [6.45, 7) is 0. The Morgan fingerprint density at radius 1 is 1.25 bits per heavy atom. The fourth-order valence-electron chi connectivity index (χ4n) is 2.64. The summed E-state index contributed by atoms with van der Waals surface area (Å²) in [4.78, 5) is 39.9. The van der Waals surface area contributed by atoms with Gasteiger partial charge in [0, 0.05) is 18.6 Å². The standard InChI is InChI=1S/C18H18N6O6S2/c1-24-18(21-22-23-24)32-8-10-7-31-15(20-11(10)16(27)28)12(17(29)30)19-14(26)13(25)9-5-3-2-4-6-9/h2-6,12-13,25H,7-8H2,1H3,(H,19,26)(H,27,28)(H,29,30)/t12-,13+/m0/s1. The first-order valence-corrected chi connectivity index (χ1v) is 11.0. The maximum absolute atomic E-state index is 12.4. The van der Waals surface area contributed by atoms with Gasteiger partial charge in [-0.15, -0.1) is 16.9 Å². The monoisotopic (exact) mass is 478 g/mol. The van der Waals surface area contributed by atoms with Crippen LogP contribution in [0.15, 0.2) is 51.8 Å². The summed E-state index contributed by atoms with van der Waals surface area (Å²) in [6.07, 6.45) is -1.59. The van der Waals surface area contributed by atoms with E-state index < -0.39 is 30.0 Å². The molecular formula is C18H18N6O6S2. The van der Waals surface area contributed by atoms with Crippen molar-refractivity contribution in [3.8, 4) is 0 Å². The fourth-order valence-corrected chi connectivity index (χ4v) is 4.67. The summed E-state index contributed by atoms with van der Waals surface area (Å²) >= 11 is 2.21. The highest BCUT2D eigenvalue weighted by Crippen LogP contribution is 2.28. The molecule has 1 aromatic heterocycles. The molecule has 3 rings (SSSR count). The topological polar surface area (TPSA) is 180 Å². The second-order valence-corrected chi connectivity index (χ2v) is 8.40. The molecule has 0 aliphatic carbocycles. The average molecular weight is 479 g/mol. The minimum Gasteiger partial charge on any atom is -0.479 e. The Bertz CT molecular complexity index is 1090. The van der Waals surface area contributed by atoms with E-state index in [2.05, 4.69) is 25.8 Å². The molecule has 0 bridgehead atoms. The first-order valence-electron chi connectivity index (χ1n) is 9.06. The molecule has 14 heteroatoms. The second kappa shape index (κ2) is 10.4. The number of aliphatic hydroxyl groups is 1. The highest BCUT2D eigenvalue weighted by atomic mass is 32.2. The first-order chi connectivity index (χ1) is 15.3. The molecule has 168 valence electrons. The molecule has 1 aliphatic rings. The summed E-state index contributed by atoms with van der Waals surface area (Å²) in [5, 5.41) is 43.0. The minimum absolute atomic E-state index is 0.0995. The van der Waals surface area contributed by atoms with Crippen molar-refractivity contribution in [2.45, 2.75) is 17.3 Å². The average Bonchev–Trinajstić information content (AvgIpc) is 3.20. The number of carboxylic acid groups (broad SMARTS) is 2. The van der Waals surface area contributed by atoms with Crippen LogP contribution in [0.5, 0.6) is 0 Å². The van der Waals surface area contributed by atoms with Gasteiger partial charge in [0.15, 0.2) is 12.1 Å². The van der Waals surface area contributed by atoms with E-state index in [0.29, 0.717) is 10.7 Å². The van der Waals surface area contributed by atoms with Gasteiger partial charge >= 0.3 is 11.9 Å². The molecule has 0 fully saturated rings. The number of carboxylic acids is 2. The van der Waals surface area contributed by atoms with Crippen LogP contribution in [0.4, 0.5) is 0 Å². The van der Waals surface area contributed by atoms with E-state index in [1.54, 1.807) is 25.2 Å². The van der Waals surface area contributed by atoms with Crippen molar-refractivity contribution in [2.24, 2.45) is 12.0 Å². The Hall–Kier alpha value is -3.23. The first kappa shape index (κ1) is 23.4. The number of aliphatic imine (C=N–C) groups is 1. The lowest BCUT2D eigenvalue weighted by molar-refractivity contribution is -0.141. The van der Waals surface area contributed by atoms with Crippen LogP contribution >= 0.6 is 23.5 Å². The lowest BCUT2D eigenvalue weighted by Gasteiger charge is -2.22. The molecule has 32 heavy (non-hydrogen) atoms. The number of hydrogen-bond donors (Lipinski definition) is 4. The van der Waals surface area contributed by atoms with Crippen LogP contribution in [0.1, 0.15) is 11.7 Å². The van der Waals surface area contributed by atoms with Gasteiger partial charge in [-0.2, -0.15) is 0 Å². The van der Waals surface area contributed by atoms with Gasteiger partial charge in [-0.25, -0.2) is 19.3 Å². The molecular weight excluding hydrogens is 460 g/mol. The lowest BCUT2D eigenvalue weighted by atomic mass is 10.1. The third-order valence-electron chi connectivity index (χ3n) is 4.25. The van der Waals surface area contributed by atoms with E-state index in [1.807, 2.05) is 0 Å². The number of aryl methyl sites for hydroxylation is 1.